The van der Waals surface area contributed by atoms with Crippen LogP contribution >= 0.6 is 0 Å². The molecule has 1 aromatic heterocycles. The van der Waals surface area contributed by atoms with Gasteiger partial charge in [-0.15, -0.1) is 5.10 Å². The zero-order chi connectivity index (χ0) is 14.5. The van der Waals surface area contributed by atoms with Crippen LogP contribution in [0.15, 0.2) is 60.7 Å². The Morgan fingerprint density at radius 2 is 1.33 bits per heavy atom. The number of hydrogen-bond acceptors (Lipinski definition) is 4. The topological polar surface area (TPSA) is 47.9 Å². The quantitative estimate of drug-likeness (QED) is 0.731. The molecule has 0 fully saturated rings. The van der Waals surface area contributed by atoms with Crippen LogP contribution in [0.4, 0.5) is 0 Å². The molecule has 0 radical (unpaired) electrons. The van der Waals surface area contributed by atoms with Crippen molar-refractivity contribution in [2.45, 2.75) is 6.92 Å². The van der Waals surface area contributed by atoms with Crippen LogP contribution in [-0.4, -0.2) is 21.8 Å². The highest BCUT2D eigenvalue weighted by Gasteiger charge is 2.13. The van der Waals surface area contributed by atoms with Crippen LogP contribution in [-0.2, 0) is 0 Å². The molecular formula is C17H15N3O. The van der Waals surface area contributed by atoms with Gasteiger partial charge < -0.3 is 4.74 Å². The highest BCUT2D eigenvalue weighted by molar-refractivity contribution is 5.77. The number of rotatable bonds is 4. The second kappa shape index (κ2) is 6.13. The van der Waals surface area contributed by atoms with Gasteiger partial charge in [-0.3, -0.25) is 0 Å². The van der Waals surface area contributed by atoms with Crippen LogP contribution in [0.2, 0.25) is 0 Å². The van der Waals surface area contributed by atoms with E-state index in [1.165, 1.54) is 0 Å². The average molecular weight is 277 g/mol. The van der Waals surface area contributed by atoms with Crippen molar-refractivity contribution in [2.24, 2.45) is 0 Å². The van der Waals surface area contributed by atoms with Gasteiger partial charge in [-0.2, -0.15) is 4.98 Å². The summed E-state index contributed by atoms with van der Waals surface area (Å²) in [5, 5.41) is 8.35. The fourth-order valence-corrected chi connectivity index (χ4v) is 2.09. The molecule has 0 spiro atoms. The van der Waals surface area contributed by atoms with E-state index in [9.17, 15) is 0 Å². The van der Waals surface area contributed by atoms with E-state index >= 15 is 0 Å². The molecule has 4 heteroatoms. The van der Waals surface area contributed by atoms with Gasteiger partial charge in [0.2, 0.25) is 0 Å². The Hall–Kier alpha value is -2.75. The monoisotopic (exact) mass is 277 g/mol. The van der Waals surface area contributed by atoms with E-state index in [0.29, 0.717) is 12.6 Å². The standard InChI is InChI=1S/C17H15N3O/c1-2-21-17-18-15(13-9-5-3-6-10-13)16(19-20-17)14-11-7-4-8-12-14/h3-12H,2H2,1H3. The summed E-state index contributed by atoms with van der Waals surface area (Å²) >= 11 is 0. The van der Waals surface area contributed by atoms with E-state index in [1.807, 2.05) is 67.6 Å². The molecular weight excluding hydrogens is 262 g/mol. The molecule has 0 aliphatic rings. The Labute approximate surface area is 123 Å². The van der Waals surface area contributed by atoms with Gasteiger partial charge in [0, 0.05) is 11.1 Å². The van der Waals surface area contributed by atoms with Crippen LogP contribution in [0.5, 0.6) is 6.01 Å². The van der Waals surface area contributed by atoms with Crippen LogP contribution < -0.4 is 4.74 Å². The van der Waals surface area contributed by atoms with Crippen molar-refractivity contribution in [3.63, 3.8) is 0 Å². The van der Waals surface area contributed by atoms with Gasteiger partial charge in [0.15, 0.2) is 0 Å². The Balaban J connectivity index is 2.16. The van der Waals surface area contributed by atoms with E-state index in [1.54, 1.807) is 0 Å². The number of hydrogen-bond donors (Lipinski definition) is 0. The molecule has 1 heterocycles. The summed E-state index contributed by atoms with van der Waals surface area (Å²) in [5.74, 6) is 0. The van der Waals surface area contributed by atoms with E-state index in [2.05, 4.69) is 15.2 Å². The zero-order valence-electron chi connectivity index (χ0n) is 11.7. The molecule has 3 aromatic rings. The summed E-state index contributed by atoms with van der Waals surface area (Å²) in [6.45, 7) is 2.41. The molecule has 0 aliphatic heterocycles. The van der Waals surface area contributed by atoms with E-state index < -0.39 is 0 Å². The normalized spacial score (nSPS) is 10.3. The van der Waals surface area contributed by atoms with Gasteiger partial charge in [0.1, 0.15) is 11.4 Å². The number of nitrogens with zero attached hydrogens (tertiary/aromatic N) is 3. The van der Waals surface area contributed by atoms with E-state index in [-0.39, 0.29) is 0 Å². The van der Waals surface area contributed by atoms with Crippen molar-refractivity contribution in [2.75, 3.05) is 6.61 Å². The maximum Gasteiger partial charge on any atom is 0.336 e. The molecule has 0 saturated carbocycles. The van der Waals surface area contributed by atoms with Crippen molar-refractivity contribution in [3.05, 3.63) is 60.7 Å². The largest absolute Gasteiger partial charge is 0.463 e. The minimum atomic E-state index is 0.302. The molecule has 0 saturated heterocycles. The lowest BCUT2D eigenvalue weighted by molar-refractivity contribution is 0.308. The summed E-state index contributed by atoms with van der Waals surface area (Å²) in [5.41, 5.74) is 3.51. The predicted molar refractivity (Wildman–Crippen MR) is 81.9 cm³/mol. The highest BCUT2D eigenvalue weighted by Crippen LogP contribution is 2.28. The van der Waals surface area contributed by atoms with Crippen molar-refractivity contribution < 1.29 is 4.74 Å². The molecule has 0 bridgehead atoms. The van der Waals surface area contributed by atoms with Gasteiger partial charge in [-0.25, -0.2) is 0 Å². The number of aromatic nitrogens is 3. The smallest absolute Gasteiger partial charge is 0.336 e. The second-order valence-electron chi connectivity index (χ2n) is 4.46. The van der Waals surface area contributed by atoms with Crippen LogP contribution in [0.25, 0.3) is 22.5 Å². The SMILES string of the molecule is CCOc1nnc(-c2ccccc2)c(-c2ccccc2)n1. The van der Waals surface area contributed by atoms with Gasteiger partial charge in [-0.05, 0) is 6.92 Å². The van der Waals surface area contributed by atoms with Crippen LogP contribution in [0.1, 0.15) is 6.92 Å². The summed E-state index contributed by atoms with van der Waals surface area (Å²) < 4.78 is 5.37. The molecule has 0 N–H and O–H groups in total. The summed E-state index contributed by atoms with van der Waals surface area (Å²) in [4.78, 5) is 4.51. The van der Waals surface area contributed by atoms with Crippen LogP contribution in [0, 0.1) is 0 Å². The first-order chi connectivity index (χ1) is 10.4. The Morgan fingerprint density at radius 3 is 1.90 bits per heavy atom. The summed E-state index contributed by atoms with van der Waals surface area (Å²) in [6, 6.07) is 20.2. The minimum Gasteiger partial charge on any atom is -0.463 e. The van der Waals surface area contributed by atoms with Gasteiger partial charge in [-0.1, -0.05) is 65.8 Å². The molecule has 4 nitrogen and oxygen atoms in total. The maximum absolute atomic E-state index is 5.37. The first-order valence-electron chi connectivity index (χ1n) is 6.87. The second-order valence-corrected chi connectivity index (χ2v) is 4.46. The third kappa shape index (κ3) is 2.89. The van der Waals surface area contributed by atoms with Gasteiger partial charge in [0.25, 0.3) is 0 Å². The molecule has 21 heavy (non-hydrogen) atoms. The Kier molecular flexibility index (Phi) is 3.87. The Morgan fingerprint density at radius 1 is 0.762 bits per heavy atom. The Bertz CT molecular complexity index is 715. The molecule has 0 aliphatic carbocycles. The highest BCUT2D eigenvalue weighted by atomic mass is 16.5. The van der Waals surface area contributed by atoms with Crippen molar-refractivity contribution >= 4 is 0 Å². The molecule has 0 atom stereocenters. The number of ether oxygens (including phenoxy) is 1. The lowest BCUT2D eigenvalue weighted by Crippen LogP contribution is -2.03. The van der Waals surface area contributed by atoms with E-state index in [0.717, 1.165) is 22.5 Å². The van der Waals surface area contributed by atoms with Crippen molar-refractivity contribution in [1.82, 2.24) is 15.2 Å². The molecule has 0 unspecified atom stereocenters. The zero-order valence-corrected chi connectivity index (χ0v) is 11.7. The van der Waals surface area contributed by atoms with Gasteiger partial charge in [0.05, 0.1) is 6.61 Å². The third-order valence-electron chi connectivity index (χ3n) is 3.04. The first kappa shape index (κ1) is 13.2. The van der Waals surface area contributed by atoms with Crippen molar-refractivity contribution in [3.8, 4) is 28.5 Å². The summed E-state index contributed by atoms with van der Waals surface area (Å²) in [6.07, 6.45) is 0. The fourth-order valence-electron chi connectivity index (χ4n) is 2.09. The maximum atomic E-state index is 5.37. The lowest BCUT2D eigenvalue weighted by Gasteiger charge is -2.09. The van der Waals surface area contributed by atoms with Crippen LogP contribution in [0.3, 0.4) is 0 Å². The molecule has 104 valence electrons. The van der Waals surface area contributed by atoms with E-state index in [4.69, 9.17) is 4.74 Å². The molecule has 3 rings (SSSR count). The third-order valence-corrected chi connectivity index (χ3v) is 3.04. The lowest BCUT2D eigenvalue weighted by atomic mass is 10.0. The summed E-state index contributed by atoms with van der Waals surface area (Å²) in [7, 11) is 0. The average Bonchev–Trinajstić information content (AvgIpc) is 2.57. The first-order valence-corrected chi connectivity index (χ1v) is 6.87. The van der Waals surface area contributed by atoms with Gasteiger partial charge >= 0.3 is 6.01 Å². The minimum absolute atomic E-state index is 0.302. The van der Waals surface area contributed by atoms with Crippen molar-refractivity contribution in [1.29, 1.82) is 0 Å². The molecule has 2 aromatic carbocycles. The predicted octanol–water partition coefficient (Wildman–Crippen LogP) is 3.60. The fraction of sp³-hybridized carbons (Fsp3) is 0.118. The molecule has 0 amide bonds. The number of benzene rings is 2.